The summed E-state index contributed by atoms with van der Waals surface area (Å²) in [4.78, 5) is 41.6. The second-order valence-corrected chi connectivity index (χ2v) is 11.9. The maximum atomic E-state index is 15.3. The van der Waals surface area contributed by atoms with Gasteiger partial charge >= 0.3 is 5.97 Å². The van der Waals surface area contributed by atoms with Gasteiger partial charge in [0.25, 0.3) is 0 Å². The van der Waals surface area contributed by atoms with Crippen LogP contribution in [0.2, 0.25) is 0 Å². The molecular formula is C31H32FNO4. The Morgan fingerprint density at radius 1 is 0.838 bits per heavy atom. The zero-order chi connectivity index (χ0) is 26.7. The molecule has 1 heterocycles. The molecule has 3 aliphatic rings. The summed E-state index contributed by atoms with van der Waals surface area (Å²) in [6.07, 6.45) is 1.83. The Labute approximate surface area is 217 Å². The molecule has 0 atom stereocenters. The lowest BCUT2D eigenvalue weighted by molar-refractivity contribution is -0.119. The van der Waals surface area contributed by atoms with Crippen LogP contribution in [0.5, 0.6) is 0 Å². The standard InChI is InChI=1S/C31H32FNO4/c1-30(2)14-22-27(24(34)16-30)26(18-10-12-19(13-11-18)29(36)37-5)28-23(15-31(3,4)17-25(28)35)33(22)21-9-7-6-8-20(21)32/h6-13,26H,14-17H2,1-5H3. The van der Waals surface area contributed by atoms with Gasteiger partial charge in [-0.3, -0.25) is 9.59 Å². The number of carbonyl (C=O) groups is 3. The Hall–Kier alpha value is -3.54. The van der Waals surface area contributed by atoms with Gasteiger partial charge < -0.3 is 9.64 Å². The van der Waals surface area contributed by atoms with E-state index in [0.29, 0.717) is 48.1 Å². The number of halogens is 1. The van der Waals surface area contributed by atoms with E-state index < -0.39 is 17.7 Å². The van der Waals surface area contributed by atoms with Crippen molar-refractivity contribution >= 4 is 23.2 Å². The summed E-state index contributed by atoms with van der Waals surface area (Å²) in [5.74, 6) is -1.47. The number of allylic oxidation sites excluding steroid dienone is 4. The minimum Gasteiger partial charge on any atom is -0.465 e. The van der Waals surface area contributed by atoms with Crippen molar-refractivity contribution in [3.8, 4) is 0 Å². The Morgan fingerprint density at radius 2 is 1.35 bits per heavy atom. The molecule has 0 fully saturated rings. The fourth-order valence-electron chi connectivity index (χ4n) is 6.15. The third-order valence-electron chi connectivity index (χ3n) is 7.67. The average Bonchev–Trinajstić information content (AvgIpc) is 2.82. The number of anilines is 1. The van der Waals surface area contributed by atoms with Crippen molar-refractivity contribution in [3.05, 3.63) is 88.0 Å². The molecule has 0 unspecified atom stereocenters. The van der Waals surface area contributed by atoms with Crippen molar-refractivity contribution < 1.29 is 23.5 Å². The summed E-state index contributed by atoms with van der Waals surface area (Å²) in [6.45, 7) is 8.20. The monoisotopic (exact) mass is 501 g/mol. The number of hydrogen-bond donors (Lipinski definition) is 0. The molecule has 0 radical (unpaired) electrons. The highest BCUT2D eigenvalue weighted by atomic mass is 19.1. The maximum Gasteiger partial charge on any atom is 0.337 e. The number of carbonyl (C=O) groups excluding carboxylic acids is 3. The van der Waals surface area contributed by atoms with Crippen molar-refractivity contribution in [1.82, 2.24) is 0 Å². The largest absolute Gasteiger partial charge is 0.465 e. The van der Waals surface area contributed by atoms with Gasteiger partial charge in [-0.05, 0) is 53.5 Å². The average molecular weight is 502 g/mol. The third kappa shape index (κ3) is 4.32. The molecule has 2 aliphatic carbocycles. The molecule has 1 aliphatic heterocycles. The van der Waals surface area contributed by atoms with Crippen LogP contribution in [0.15, 0.2) is 71.1 Å². The van der Waals surface area contributed by atoms with Crippen molar-refractivity contribution in [1.29, 1.82) is 0 Å². The summed E-state index contributed by atoms with van der Waals surface area (Å²) in [7, 11) is 1.33. The van der Waals surface area contributed by atoms with E-state index >= 15 is 4.39 Å². The quantitative estimate of drug-likeness (QED) is 0.449. The lowest BCUT2D eigenvalue weighted by atomic mass is 9.63. The van der Waals surface area contributed by atoms with Gasteiger partial charge in [-0.2, -0.15) is 0 Å². The van der Waals surface area contributed by atoms with Gasteiger partial charge in [-0.25, -0.2) is 9.18 Å². The molecule has 37 heavy (non-hydrogen) atoms. The second-order valence-electron chi connectivity index (χ2n) is 11.9. The Bertz CT molecular complexity index is 1330. The lowest BCUT2D eigenvalue weighted by Crippen LogP contribution is -2.44. The van der Waals surface area contributed by atoms with E-state index in [1.54, 1.807) is 42.5 Å². The van der Waals surface area contributed by atoms with Crippen molar-refractivity contribution in [3.63, 3.8) is 0 Å². The van der Waals surface area contributed by atoms with Gasteiger partial charge in [0.1, 0.15) is 5.82 Å². The molecule has 0 saturated heterocycles. The fourth-order valence-corrected chi connectivity index (χ4v) is 6.15. The van der Waals surface area contributed by atoms with Crippen molar-refractivity contribution in [2.45, 2.75) is 59.3 Å². The summed E-state index contributed by atoms with van der Waals surface area (Å²) in [5.41, 5.74) is 3.52. The zero-order valence-corrected chi connectivity index (χ0v) is 22.0. The first-order valence-electron chi connectivity index (χ1n) is 12.7. The first-order valence-corrected chi connectivity index (χ1v) is 12.7. The van der Waals surface area contributed by atoms with Gasteiger partial charge in [-0.1, -0.05) is 52.0 Å². The van der Waals surface area contributed by atoms with E-state index in [0.717, 1.165) is 17.0 Å². The van der Waals surface area contributed by atoms with Crippen LogP contribution in [-0.2, 0) is 14.3 Å². The number of ether oxygens (including phenoxy) is 1. The minimum atomic E-state index is -0.563. The molecule has 0 aromatic heterocycles. The summed E-state index contributed by atoms with van der Waals surface area (Å²) in [5, 5.41) is 0. The predicted molar refractivity (Wildman–Crippen MR) is 139 cm³/mol. The number of para-hydroxylation sites is 1. The topological polar surface area (TPSA) is 63.7 Å². The third-order valence-corrected chi connectivity index (χ3v) is 7.67. The van der Waals surface area contributed by atoms with Crippen LogP contribution in [0.4, 0.5) is 10.1 Å². The van der Waals surface area contributed by atoms with E-state index in [1.807, 2.05) is 32.6 Å². The van der Waals surface area contributed by atoms with E-state index in [2.05, 4.69) is 0 Å². The Morgan fingerprint density at radius 3 is 1.84 bits per heavy atom. The highest BCUT2D eigenvalue weighted by molar-refractivity contribution is 6.08. The highest BCUT2D eigenvalue weighted by Gasteiger charge is 2.49. The van der Waals surface area contributed by atoms with E-state index in [-0.39, 0.29) is 22.4 Å². The smallest absolute Gasteiger partial charge is 0.337 e. The first-order chi connectivity index (χ1) is 17.4. The summed E-state index contributed by atoms with van der Waals surface area (Å²) >= 11 is 0. The first kappa shape index (κ1) is 25.1. The minimum absolute atomic E-state index is 0.0289. The van der Waals surface area contributed by atoms with E-state index in [9.17, 15) is 14.4 Å². The fraction of sp³-hybridized carbons (Fsp3) is 0.387. The molecule has 0 N–H and O–H groups in total. The van der Waals surface area contributed by atoms with Gasteiger partial charge in [0.05, 0.1) is 18.4 Å². The normalized spacial score (nSPS) is 21.1. The number of esters is 1. The lowest BCUT2D eigenvalue weighted by Gasteiger charge is -2.49. The molecule has 5 rings (SSSR count). The molecule has 0 saturated carbocycles. The van der Waals surface area contributed by atoms with Crippen LogP contribution < -0.4 is 4.90 Å². The van der Waals surface area contributed by atoms with Crippen LogP contribution in [0.25, 0.3) is 0 Å². The summed E-state index contributed by atoms with van der Waals surface area (Å²) in [6, 6.07) is 13.5. The van der Waals surface area contributed by atoms with Gasteiger partial charge in [-0.15, -0.1) is 0 Å². The number of ketones is 2. The molecule has 0 spiro atoms. The molecule has 2 aromatic rings. The maximum absolute atomic E-state index is 15.3. The van der Waals surface area contributed by atoms with Crippen LogP contribution >= 0.6 is 0 Å². The second kappa shape index (κ2) is 8.79. The van der Waals surface area contributed by atoms with Gasteiger partial charge in [0, 0.05) is 41.3 Å². The predicted octanol–water partition coefficient (Wildman–Crippen LogP) is 6.50. The molecule has 192 valence electrons. The number of methoxy groups -OCH3 is 1. The van der Waals surface area contributed by atoms with Crippen molar-refractivity contribution in [2.24, 2.45) is 10.8 Å². The zero-order valence-electron chi connectivity index (χ0n) is 22.0. The number of benzene rings is 2. The van der Waals surface area contributed by atoms with Crippen LogP contribution in [0, 0.1) is 16.6 Å². The number of hydrogen-bond acceptors (Lipinski definition) is 5. The molecule has 0 bridgehead atoms. The van der Waals surface area contributed by atoms with Gasteiger partial charge in [0.15, 0.2) is 11.6 Å². The molecule has 6 heteroatoms. The Kier molecular flexibility index (Phi) is 5.97. The molecular weight excluding hydrogens is 469 g/mol. The molecule has 0 amide bonds. The van der Waals surface area contributed by atoms with E-state index in [4.69, 9.17) is 4.74 Å². The molecule has 2 aromatic carbocycles. The van der Waals surface area contributed by atoms with Crippen LogP contribution in [-0.4, -0.2) is 24.6 Å². The number of nitrogens with zero attached hydrogens (tertiary/aromatic N) is 1. The van der Waals surface area contributed by atoms with Crippen LogP contribution in [0.3, 0.4) is 0 Å². The summed E-state index contributed by atoms with van der Waals surface area (Å²) < 4.78 is 20.2. The number of rotatable bonds is 3. The molecule has 5 nitrogen and oxygen atoms in total. The SMILES string of the molecule is COC(=O)c1ccc(C2C3=C(CC(C)(C)CC3=O)N(c3ccccc3F)C3=C2C(=O)CC(C)(C)C3)cc1. The number of Topliss-reactive ketones (excluding diaryl/α,β-unsaturated/α-hetero) is 2. The highest BCUT2D eigenvalue weighted by Crippen LogP contribution is 2.55. The van der Waals surface area contributed by atoms with Crippen LogP contribution in [0.1, 0.15) is 75.2 Å². The van der Waals surface area contributed by atoms with Gasteiger partial charge in [0.2, 0.25) is 0 Å². The van der Waals surface area contributed by atoms with Crippen molar-refractivity contribution in [2.75, 3.05) is 12.0 Å². The Balaban J connectivity index is 1.80. The van der Waals surface area contributed by atoms with E-state index in [1.165, 1.54) is 13.2 Å².